The normalized spacial score (nSPS) is 21.6. The van der Waals surface area contributed by atoms with Gasteiger partial charge in [0, 0.05) is 5.69 Å². The monoisotopic (exact) mass is 410 g/mol. The molecule has 1 amide bonds. The first kappa shape index (κ1) is 21.0. The second-order valence-electron chi connectivity index (χ2n) is 8.80. The fraction of sp³-hybridized carbons (Fsp3) is 0.480. The first-order valence-electron chi connectivity index (χ1n) is 11.0. The summed E-state index contributed by atoms with van der Waals surface area (Å²) in [7, 11) is 0. The van der Waals surface area contributed by atoms with E-state index in [-0.39, 0.29) is 11.7 Å². The molecule has 2 atom stereocenters. The van der Waals surface area contributed by atoms with Gasteiger partial charge in [0.2, 0.25) is 5.91 Å². The van der Waals surface area contributed by atoms with Crippen LogP contribution >= 0.6 is 0 Å². The first-order valence-corrected chi connectivity index (χ1v) is 11.0. The van der Waals surface area contributed by atoms with E-state index in [1.54, 1.807) is 6.07 Å². The third kappa shape index (κ3) is 3.77. The van der Waals surface area contributed by atoms with E-state index >= 15 is 0 Å². The number of ether oxygens (including phenoxy) is 1. The van der Waals surface area contributed by atoms with Crippen LogP contribution in [0, 0.1) is 5.82 Å². The highest BCUT2D eigenvalue weighted by Crippen LogP contribution is 2.52. The average molecular weight is 411 g/mol. The molecule has 4 rings (SSSR count). The van der Waals surface area contributed by atoms with Crippen LogP contribution in [0.5, 0.6) is 0 Å². The van der Waals surface area contributed by atoms with Gasteiger partial charge in [-0.1, -0.05) is 32.0 Å². The molecule has 160 valence electrons. The Bertz CT molecular complexity index is 952. The number of rotatable bonds is 7. The summed E-state index contributed by atoms with van der Waals surface area (Å²) in [4.78, 5) is 15.2. The summed E-state index contributed by atoms with van der Waals surface area (Å²) in [5.74, 6) is -1.01. The van der Waals surface area contributed by atoms with E-state index in [0.717, 1.165) is 43.6 Å². The van der Waals surface area contributed by atoms with Crippen LogP contribution in [-0.4, -0.2) is 30.4 Å². The molecule has 0 aliphatic carbocycles. The van der Waals surface area contributed by atoms with E-state index < -0.39 is 17.6 Å². The summed E-state index contributed by atoms with van der Waals surface area (Å²) < 4.78 is 20.3. The van der Waals surface area contributed by atoms with Gasteiger partial charge >= 0.3 is 0 Å². The van der Waals surface area contributed by atoms with Crippen molar-refractivity contribution in [1.82, 2.24) is 4.90 Å². The summed E-state index contributed by atoms with van der Waals surface area (Å²) in [6, 6.07) is 10.9. The highest BCUT2D eigenvalue weighted by atomic mass is 19.1. The molecule has 2 unspecified atom stereocenters. The number of amides is 1. The Hall–Kier alpha value is -2.24. The first-order chi connectivity index (χ1) is 14.3. The van der Waals surface area contributed by atoms with E-state index in [2.05, 4.69) is 42.3 Å². The maximum absolute atomic E-state index is 13.9. The lowest BCUT2D eigenvalue weighted by Gasteiger charge is -2.23. The van der Waals surface area contributed by atoms with Crippen molar-refractivity contribution >= 4 is 11.6 Å². The molecule has 0 saturated heterocycles. The van der Waals surface area contributed by atoms with Crippen LogP contribution in [0.4, 0.5) is 10.1 Å². The number of anilines is 1. The van der Waals surface area contributed by atoms with Crippen molar-refractivity contribution in [2.45, 2.75) is 58.2 Å². The lowest BCUT2D eigenvalue weighted by Crippen LogP contribution is -2.24. The Labute approximate surface area is 178 Å². The van der Waals surface area contributed by atoms with Crippen molar-refractivity contribution in [2.75, 3.05) is 25.0 Å². The van der Waals surface area contributed by atoms with Crippen LogP contribution in [0.15, 0.2) is 36.4 Å². The highest BCUT2D eigenvalue weighted by molar-refractivity contribution is 6.03. The number of benzene rings is 2. The fourth-order valence-electron chi connectivity index (χ4n) is 4.82. The van der Waals surface area contributed by atoms with E-state index in [1.165, 1.54) is 17.7 Å². The molecule has 0 aromatic heterocycles. The van der Waals surface area contributed by atoms with Gasteiger partial charge in [0.1, 0.15) is 5.82 Å². The van der Waals surface area contributed by atoms with Crippen molar-refractivity contribution < 1.29 is 13.9 Å². The molecule has 2 aromatic carbocycles. The molecule has 0 saturated carbocycles. The van der Waals surface area contributed by atoms with Crippen molar-refractivity contribution in [2.24, 2.45) is 0 Å². The van der Waals surface area contributed by atoms with Crippen LogP contribution in [0.2, 0.25) is 0 Å². The highest BCUT2D eigenvalue weighted by Gasteiger charge is 2.47. The van der Waals surface area contributed by atoms with Crippen LogP contribution in [-0.2, 0) is 21.6 Å². The number of nitrogens with one attached hydrogen (secondary N) is 1. The molecule has 1 N–H and O–H groups in total. The summed E-state index contributed by atoms with van der Waals surface area (Å²) >= 11 is 0. The number of carbonyl (C=O) groups is 1. The molecule has 2 heterocycles. The lowest BCUT2D eigenvalue weighted by molar-refractivity contribution is -0.124. The third-order valence-corrected chi connectivity index (χ3v) is 6.52. The summed E-state index contributed by atoms with van der Waals surface area (Å²) in [5.41, 5.74) is 4.31. The van der Waals surface area contributed by atoms with Crippen LogP contribution in [0.3, 0.4) is 0 Å². The Morgan fingerprint density at radius 3 is 2.60 bits per heavy atom. The van der Waals surface area contributed by atoms with Gasteiger partial charge in [0.15, 0.2) is 0 Å². The zero-order valence-corrected chi connectivity index (χ0v) is 18.3. The van der Waals surface area contributed by atoms with E-state index in [0.29, 0.717) is 11.3 Å². The number of fused-ring (bicyclic) bond motifs is 2. The maximum Gasteiger partial charge on any atom is 0.235 e. The fourth-order valence-corrected chi connectivity index (χ4v) is 4.82. The third-order valence-electron chi connectivity index (χ3n) is 6.52. The summed E-state index contributed by atoms with van der Waals surface area (Å²) in [6.07, 6.45) is 1.72. The van der Waals surface area contributed by atoms with E-state index in [1.807, 2.05) is 13.8 Å². The minimum atomic E-state index is -0.537. The smallest absolute Gasteiger partial charge is 0.235 e. The van der Waals surface area contributed by atoms with Gasteiger partial charge in [-0.3, -0.25) is 4.79 Å². The van der Waals surface area contributed by atoms with Gasteiger partial charge < -0.3 is 15.0 Å². The van der Waals surface area contributed by atoms with Gasteiger partial charge in [0.25, 0.3) is 0 Å². The number of aryl methyl sites for hydroxylation is 1. The molecule has 0 fully saturated rings. The maximum atomic E-state index is 13.9. The molecule has 0 radical (unpaired) electrons. The van der Waals surface area contributed by atoms with Crippen LogP contribution < -0.4 is 5.32 Å². The lowest BCUT2D eigenvalue weighted by atomic mass is 9.86. The molecular formula is C25H31FN2O2. The second-order valence-corrected chi connectivity index (χ2v) is 8.80. The molecule has 30 heavy (non-hydrogen) atoms. The predicted molar refractivity (Wildman–Crippen MR) is 117 cm³/mol. The van der Waals surface area contributed by atoms with Crippen LogP contribution in [0.25, 0.3) is 0 Å². The largest absolute Gasteiger partial charge is 0.362 e. The Morgan fingerprint density at radius 1 is 1.10 bits per heavy atom. The Balaban J connectivity index is 1.59. The molecule has 2 aliphatic heterocycles. The summed E-state index contributed by atoms with van der Waals surface area (Å²) in [5, 5.41) is 2.88. The van der Waals surface area contributed by atoms with E-state index in [4.69, 9.17) is 4.74 Å². The molecule has 0 bridgehead atoms. The Morgan fingerprint density at radius 2 is 1.87 bits per heavy atom. The van der Waals surface area contributed by atoms with Crippen molar-refractivity contribution in [3.8, 4) is 0 Å². The molecule has 2 aliphatic rings. The Kier molecular flexibility index (Phi) is 5.69. The zero-order chi connectivity index (χ0) is 21.5. The van der Waals surface area contributed by atoms with Gasteiger partial charge in [-0.2, -0.15) is 0 Å². The minimum absolute atomic E-state index is 0.132. The predicted octanol–water partition coefficient (Wildman–Crippen LogP) is 5.14. The van der Waals surface area contributed by atoms with Gasteiger partial charge in [-0.25, -0.2) is 4.39 Å². The van der Waals surface area contributed by atoms with Gasteiger partial charge in [-0.05, 0) is 86.8 Å². The minimum Gasteiger partial charge on any atom is -0.362 e. The van der Waals surface area contributed by atoms with Gasteiger partial charge in [0.05, 0.1) is 17.6 Å². The molecule has 2 aromatic rings. The van der Waals surface area contributed by atoms with Crippen molar-refractivity contribution in [3.05, 3.63) is 64.5 Å². The number of halogens is 1. The molecule has 0 spiro atoms. The number of carbonyl (C=O) groups excluding carboxylic acids is 1. The zero-order valence-electron chi connectivity index (χ0n) is 18.3. The average Bonchev–Trinajstić information content (AvgIpc) is 3.17. The van der Waals surface area contributed by atoms with Crippen molar-refractivity contribution in [1.29, 1.82) is 0 Å². The molecule has 5 heteroatoms. The van der Waals surface area contributed by atoms with Crippen LogP contribution in [0.1, 0.15) is 68.4 Å². The summed E-state index contributed by atoms with van der Waals surface area (Å²) in [6.45, 7) is 11.7. The van der Waals surface area contributed by atoms with Crippen molar-refractivity contribution in [3.63, 3.8) is 0 Å². The number of hydrogen-bond donors (Lipinski definition) is 1. The number of hydrogen-bond acceptors (Lipinski definition) is 3. The topological polar surface area (TPSA) is 41.6 Å². The van der Waals surface area contributed by atoms with E-state index in [9.17, 15) is 9.18 Å². The quantitative estimate of drug-likeness (QED) is 0.687. The second kappa shape index (κ2) is 8.12. The van der Waals surface area contributed by atoms with Gasteiger partial charge in [-0.15, -0.1) is 0 Å². The number of nitrogens with zero attached hydrogens (tertiary/aromatic N) is 1. The SMILES string of the molecule is CCN(CC)CCCc1ccc2c(c1)C(C)(C)OC2C1C(=O)Nc2ccc(F)cc21. The molecule has 4 nitrogen and oxygen atoms in total. The molecular weight excluding hydrogens is 379 g/mol. The standard InChI is InChI=1S/C25H31FN2O2/c1-5-28(6-2)13-7-8-16-9-11-18-20(14-16)25(3,4)30-23(18)22-19-15-17(26)10-12-21(19)27-24(22)29/h9-12,14-15,22-23H,5-8,13H2,1-4H3,(H,27,29).